The van der Waals surface area contributed by atoms with Gasteiger partial charge in [-0.15, -0.1) is 0 Å². The third-order valence-corrected chi connectivity index (χ3v) is 3.06. The first-order valence-electron chi connectivity index (χ1n) is 6.79. The number of nitrogens with one attached hydrogen (secondary N) is 3. The molecule has 1 amide bonds. The van der Waals surface area contributed by atoms with Crippen LogP contribution in [0.15, 0.2) is 36.5 Å². The zero-order chi connectivity index (χ0) is 16.7. The van der Waals surface area contributed by atoms with Gasteiger partial charge in [0.1, 0.15) is 0 Å². The maximum Gasteiger partial charge on any atom is 0.294 e. The lowest BCUT2D eigenvalue weighted by molar-refractivity contribution is 0.0935. The molecular weight excluding hydrogens is 318 g/mol. The van der Waals surface area contributed by atoms with E-state index in [2.05, 4.69) is 21.3 Å². The normalized spacial score (nSPS) is 10.1. The maximum atomic E-state index is 12.0. The summed E-state index contributed by atoms with van der Waals surface area (Å²) in [5, 5.41) is 17.0. The van der Waals surface area contributed by atoms with Crippen molar-refractivity contribution in [2.75, 3.05) is 20.3 Å². The van der Waals surface area contributed by atoms with Gasteiger partial charge in [0.05, 0.1) is 18.5 Å². The van der Waals surface area contributed by atoms with Gasteiger partial charge < -0.3 is 15.2 Å². The highest BCUT2D eigenvalue weighted by molar-refractivity contribution is 7.80. The van der Waals surface area contributed by atoms with Crippen LogP contribution in [0, 0.1) is 0 Å². The van der Waals surface area contributed by atoms with Gasteiger partial charge in [-0.3, -0.25) is 15.6 Å². The van der Waals surface area contributed by atoms with Crippen LogP contribution in [0.2, 0.25) is 0 Å². The van der Waals surface area contributed by atoms with Crippen molar-refractivity contribution < 1.29 is 14.6 Å². The van der Waals surface area contributed by atoms with Crippen molar-refractivity contribution >= 4 is 23.2 Å². The summed E-state index contributed by atoms with van der Waals surface area (Å²) in [4.78, 5) is 12.0. The molecule has 2 rings (SSSR count). The second-order valence-corrected chi connectivity index (χ2v) is 4.88. The standard InChI is InChI=1S/C14H17N5O3S/c1-22-8-7-15-14(23)17-16-13(21)12-11(20)9-19(18-12)10-5-3-2-4-6-10/h2-6,9,20H,7-8H2,1H3,(H,16,21)(H2,15,17,23). The van der Waals surface area contributed by atoms with Crippen molar-refractivity contribution in [3.63, 3.8) is 0 Å². The molecular formula is C14H17N5O3S. The number of benzene rings is 1. The van der Waals surface area contributed by atoms with Crippen LogP contribution >= 0.6 is 12.2 Å². The molecule has 0 aliphatic rings. The Morgan fingerprint density at radius 3 is 2.78 bits per heavy atom. The molecule has 2 aromatic rings. The minimum Gasteiger partial charge on any atom is -0.504 e. The Bertz CT molecular complexity index is 674. The second kappa shape index (κ2) is 8.11. The number of carbonyl (C=O) groups excluding carboxylic acids is 1. The molecule has 4 N–H and O–H groups in total. The number of methoxy groups -OCH3 is 1. The highest BCUT2D eigenvalue weighted by atomic mass is 32.1. The Morgan fingerprint density at radius 1 is 1.35 bits per heavy atom. The summed E-state index contributed by atoms with van der Waals surface area (Å²) in [6.45, 7) is 0.990. The number of hydrazine groups is 1. The van der Waals surface area contributed by atoms with Gasteiger partial charge in [-0.05, 0) is 24.4 Å². The molecule has 0 aliphatic carbocycles. The average Bonchev–Trinajstić information content (AvgIpc) is 2.96. The maximum absolute atomic E-state index is 12.0. The first kappa shape index (κ1) is 16.7. The van der Waals surface area contributed by atoms with Crippen molar-refractivity contribution in [2.24, 2.45) is 0 Å². The molecule has 122 valence electrons. The van der Waals surface area contributed by atoms with Gasteiger partial charge in [0.15, 0.2) is 16.6 Å². The molecule has 0 fully saturated rings. The molecule has 0 unspecified atom stereocenters. The Kier molecular flexibility index (Phi) is 5.89. The molecule has 0 aliphatic heterocycles. The van der Waals surface area contributed by atoms with E-state index in [9.17, 15) is 9.90 Å². The highest BCUT2D eigenvalue weighted by Gasteiger charge is 2.17. The number of para-hydroxylation sites is 1. The van der Waals surface area contributed by atoms with Crippen molar-refractivity contribution in [1.82, 2.24) is 25.9 Å². The summed E-state index contributed by atoms with van der Waals surface area (Å²) < 4.78 is 6.28. The van der Waals surface area contributed by atoms with E-state index in [1.807, 2.05) is 18.2 Å². The first-order valence-corrected chi connectivity index (χ1v) is 7.20. The van der Waals surface area contributed by atoms with Crippen LogP contribution in [0.4, 0.5) is 0 Å². The van der Waals surface area contributed by atoms with E-state index in [0.717, 1.165) is 5.69 Å². The molecule has 0 bridgehead atoms. The third kappa shape index (κ3) is 4.66. The Hall–Kier alpha value is -2.65. The number of ether oxygens (including phenoxy) is 1. The molecule has 23 heavy (non-hydrogen) atoms. The smallest absolute Gasteiger partial charge is 0.294 e. The van der Waals surface area contributed by atoms with Gasteiger partial charge in [0, 0.05) is 13.7 Å². The molecule has 0 atom stereocenters. The molecule has 0 spiro atoms. The van der Waals surface area contributed by atoms with E-state index >= 15 is 0 Å². The summed E-state index contributed by atoms with van der Waals surface area (Å²) >= 11 is 4.97. The van der Waals surface area contributed by atoms with E-state index in [1.54, 1.807) is 19.2 Å². The fraction of sp³-hybridized carbons (Fsp3) is 0.214. The number of thiocarbonyl (C=S) groups is 1. The summed E-state index contributed by atoms with van der Waals surface area (Å²) in [6, 6.07) is 9.14. The van der Waals surface area contributed by atoms with Crippen LogP contribution in [0.1, 0.15) is 10.5 Å². The molecule has 1 heterocycles. The van der Waals surface area contributed by atoms with Crippen LogP contribution < -0.4 is 16.2 Å². The number of rotatable bonds is 5. The van der Waals surface area contributed by atoms with E-state index in [1.165, 1.54) is 10.9 Å². The lowest BCUT2D eigenvalue weighted by Gasteiger charge is -2.10. The highest BCUT2D eigenvalue weighted by Crippen LogP contribution is 2.17. The molecule has 0 saturated carbocycles. The topological polar surface area (TPSA) is 100 Å². The van der Waals surface area contributed by atoms with Crippen molar-refractivity contribution in [2.45, 2.75) is 0 Å². The van der Waals surface area contributed by atoms with Crippen LogP contribution in [0.5, 0.6) is 5.75 Å². The number of hydrogen-bond donors (Lipinski definition) is 4. The molecule has 1 aromatic heterocycles. The summed E-state index contributed by atoms with van der Waals surface area (Å²) in [5.41, 5.74) is 5.50. The summed E-state index contributed by atoms with van der Waals surface area (Å²) in [6.07, 6.45) is 1.36. The molecule has 0 radical (unpaired) electrons. The van der Waals surface area contributed by atoms with Crippen LogP contribution in [0.25, 0.3) is 5.69 Å². The predicted octanol–water partition coefficient (Wildman–Crippen LogP) is 0.333. The Labute approximate surface area is 138 Å². The van der Waals surface area contributed by atoms with Gasteiger partial charge in [-0.2, -0.15) is 5.10 Å². The number of carbonyl (C=O) groups is 1. The third-order valence-electron chi connectivity index (χ3n) is 2.81. The fourth-order valence-corrected chi connectivity index (χ4v) is 1.88. The number of nitrogens with zero attached hydrogens (tertiary/aromatic N) is 2. The van der Waals surface area contributed by atoms with Crippen molar-refractivity contribution in [3.05, 3.63) is 42.2 Å². The minimum absolute atomic E-state index is 0.110. The predicted molar refractivity (Wildman–Crippen MR) is 88.3 cm³/mol. The van der Waals surface area contributed by atoms with Gasteiger partial charge in [0.25, 0.3) is 5.91 Å². The van der Waals surface area contributed by atoms with Gasteiger partial charge in [-0.1, -0.05) is 18.2 Å². The number of aromatic hydroxyl groups is 1. The first-order chi connectivity index (χ1) is 11.1. The molecule has 0 saturated heterocycles. The number of hydrogen-bond acceptors (Lipinski definition) is 5. The second-order valence-electron chi connectivity index (χ2n) is 4.47. The van der Waals surface area contributed by atoms with E-state index in [0.29, 0.717) is 13.2 Å². The van der Waals surface area contributed by atoms with Gasteiger partial charge in [0.2, 0.25) is 0 Å². The Morgan fingerprint density at radius 2 is 2.09 bits per heavy atom. The van der Waals surface area contributed by atoms with Crippen molar-refractivity contribution in [1.29, 1.82) is 0 Å². The largest absolute Gasteiger partial charge is 0.504 e. The lowest BCUT2D eigenvalue weighted by atomic mass is 10.3. The SMILES string of the molecule is COCCNC(=S)NNC(=O)c1nn(-c2ccccc2)cc1O. The van der Waals surface area contributed by atoms with Crippen LogP contribution in [-0.2, 0) is 4.74 Å². The monoisotopic (exact) mass is 335 g/mol. The molecule has 1 aromatic carbocycles. The van der Waals surface area contributed by atoms with Crippen LogP contribution in [-0.4, -0.2) is 46.2 Å². The van der Waals surface area contributed by atoms with Gasteiger partial charge in [-0.25, -0.2) is 4.68 Å². The average molecular weight is 335 g/mol. The van der Waals surface area contributed by atoms with Crippen molar-refractivity contribution in [3.8, 4) is 11.4 Å². The zero-order valence-corrected chi connectivity index (χ0v) is 13.3. The van der Waals surface area contributed by atoms with E-state index in [-0.39, 0.29) is 16.6 Å². The summed E-state index contributed by atoms with van der Waals surface area (Å²) in [7, 11) is 1.58. The number of aromatic nitrogens is 2. The molecule has 9 heteroatoms. The number of amides is 1. The van der Waals surface area contributed by atoms with E-state index in [4.69, 9.17) is 17.0 Å². The quantitative estimate of drug-likeness (QED) is 0.355. The van der Waals surface area contributed by atoms with Gasteiger partial charge >= 0.3 is 0 Å². The lowest BCUT2D eigenvalue weighted by Crippen LogP contribution is -2.47. The van der Waals surface area contributed by atoms with E-state index < -0.39 is 5.91 Å². The zero-order valence-electron chi connectivity index (χ0n) is 12.4. The Balaban J connectivity index is 1.95. The minimum atomic E-state index is -0.604. The molecule has 8 nitrogen and oxygen atoms in total. The summed E-state index contributed by atoms with van der Waals surface area (Å²) in [5.74, 6) is -0.834. The van der Waals surface area contributed by atoms with Crippen LogP contribution in [0.3, 0.4) is 0 Å². The fourth-order valence-electron chi connectivity index (χ4n) is 1.72.